The fourth-order valence-corrected chi connectivity index (χ4v) is 1.60. The fourth-order valence-electron chi connectivity index (χ4n) is 1.60. The monoisotopic (exact) mass is 216 g/mol. The molecular weight excluding hydrogens is 196 g/mol. The first-order valence-corrected chi connectivity index (χ1v) is 5.33. The standard InChI is InChI=1S/C10H20N2O3/c1-12(2)6-5-11-7-8-3-4-9(15-8)10(13)14/h8-9,11H,3-7H2,1-2H3,(H,13,14). The van der Waals surface area contributed by atoms with Crippen molar-refractivity contribution in [2.75, 3.05) is 33.7 Å². The Morgan fingerprint density at radius 1 is 1.53 bits per heavy atom. The predicted octanol–water partition coefficient (Wildman–Crippen LogP) is -0.230. The van der Waals surface area contributed by atoms with Crippen molar-refractivity contribution in [3.63, 3.8) is 0 Å². The molecule has 88 valence electrons. The van der Waals surface area contributed by atoms with E-state index in [1.807, 2.05) is 14.1 Å². The molecule has 0 amide bonds. The molecule has 1 heterocycles. The van der Waals surface area contributed by atoms with E-state index < -0.39 is 12.1 Å². The third-order valence-electron chi connectivity index (χ3n) is 2.49. The van der Waals surface area contributed by atoms with E-state index in [0.717, 1.165) is 26.1 Å². The van der Waals surface area contributed by atoms with E-state index in [0.29, 0.717) is 6.42 Å². The maximum Gasteiger partial charge on any atom is 0.332 e. The van der Waals surface area contributed by atoms with Gasteiger partial charge in [0.15, 0.2) is 6.10 Å². The highest BCUT2D eigenvalue weighted by atomic mass is 16.5. The molecule has 1 aliphatic heterocycles. The SMILES string of the molecule is CN(C)CCNCC1CCC(C(=O)O)O1. The average molecular weight is 216 g/mol. The van der Waals surface area contributed by atoms with Crippen molar-refractivity contribution in [2.24, 2.45) is 0 Å². The zero-order valence-electron chi connectivity index (χ0n) is 9.40. The number of carbonyl (C=O) groups is 1. The van der Waals surface area contributed by atoms with E-state index in [-0.39, 0.29) is 6.10 Å². The summed E-state index contributed by atoms with van der Waals surface area (Å²) in [5.41, 5.74) is 0. The van der Waals surface area contributed by atoms with Crippen molar-refractivity contribution >= 4 is 5.97 Å². The number of likely N-dealkylation sites (N-methyl/N-ethyl adjacent to an activating group) is 1. The zero-order valence-corrected chi connectivity index (χ0v) is 9.40. The van der Waals surface area contributed by atoms with E-state index in [1.54, 1.807) is 0 Å². The van der Waals surface area contributed by atoms with Crippen molar-refractivity contribution < 1.29 is 14.6 Å². The molecular formula is C10H20N2O3. The van der Waals surface area contributed by atoms with Crippen LogP contribution in [0.4, 0.5) is 0 Å². The highest BCUT2D eigenvalue weighted by Crippen LogP contribution is 2.18. The lowest BCUT2D eigenvalue weighted by Gasteiger charge is -2.14. The average Bonchev–Trinajstić information content (AvgIpc) is 2.60. The van der Waals surface area contributed by atoms with E-state index in [9.17, 15) is 4.79 Å². The van der Waals surface area contributed by atoms with Crippen LogP contribution in [0.15, 0.2) is 0 Å². The smallest absolute Gasteiger partial charge is 0.332 e. The third kappa shape index (κ3) is 4.59. The van der Waals surface area contributed by atoms with Crippen molar-refractivity contribution in [1.82, 2.24) is 10.2 Å². The summed E-state index contributed by atoms with van der Waals surface area (Å²) in [5.74, 6) is -0.842. The summed E-state index contributed by atoms with van der Waals surface area (Å²) in [6.07, 6.45) is 0.945. The number of aliphatic carboxylic acids is 1. The molecule has 0 aromatic carbocycles. The maximum absolute atomic E-state index is 10.6. The lowest BCUT2D eigenvalue weighted by Crippen LogP contribution is -2.33. The molecule has 0 spiro atoms. The van der Waals surface area contributed by atoms with Gasteiger partial charge in [0, 0.05) is 19.6 Å². The molecule has 2 N–H and O–H groups in total. The van der Waals surface area contributed by atoms with Crippen LogP contribution in [0.25, 0.3) is 0 Å². The number of carboxylic acids is 1. The Morgan fingerprint density at radius 2 is 2.27 bits per heavy atom. The molecule has 0 saturated carbocycles. The second-order valence-corrected chi connectivity index (χ2v) is 4.17. The predicted molar refractivity (Wildman–Crippen MR) is 57.0 cm³/mol. The maximum atomic E-state index is 10.6. The van der Waals surface area contributed by atoms with Gasteiger partial charge in [-0.2, -0.15) is 0 Å². The molecule has 5 heteroatoms. The van der Waals surface area contributed by atoms with Crippen molar-refractivity contribution in [3.05, 3.63) is 0 Å². The first kappa shape index (κ1) is 12.4. The molecule has 1 saturated heterocycles. The van der Waals surface area contributed by atoms with Crippen LogP contribution in [0, 0.1) is 0 Å². The molecule has 0 aliphatic carbocycles. The number of hydrogen-bond donors (Lipinski definition) is 2. The molecule has 0 radical (unpaired) electrons. The fraction of sp³-hybridized carbons (Fsp3) is 0.900. The summed E-state index contributed by atoms with van der Waals surface area (Å²) in [7, 11) is 4.04. The lowest BCUT2D eigenvalue weighted by atomic mass is 10.2. The Bertz CT molecular complexity index is 209. The van der Waals surface area contributed by atoms with Gasteiger partial charge in [-0.3, -0.25) is 0 Å². The highest BCUT2D eigenvalue weighted by molar-refractivity contribution is 5.72. The molecule has 1 rings (SSSR count). The molecule has 0 aromatic rings. The Morgan fingerprint density at radius 3 is 2.80 bits per heavy atom. The van der Waals surface area contributed by atoms with Crippen molar-refractivity contribution in [3.8, 4) is 0 Å². The van der Waals surface area contributed by atoms with Crippen LogP contribution in [-0.2, 0) is 9.53 Å². The molecule has 5 nitrogen and oxygen atoms in total. The van der Waals surface area contributed by atoms with Gasteiger partial charge in [-0.05, 0) is 26.9 Å². The topological polar surface area (TPSA) is 61.8 Å². The number of carboxylic acid groups (broad SMARTS) is 1. The van der Waals surface area contributed by atoms with Gasteiger partial charge in [-0.1, -0.05) is 0 Å². The summed E-state index contributed by atoms with van der Waals surface area (Å²) >= 11 is 0. The first-order valence-electron chi connectivity index (χ1n) is 5.33. The Kier molecular flexibility index (Phi) is 5.01. The zero-order chi connectivity index (χ0) is 11.3. The number of nitrogens with zero attached hydrogens (tertiary/aromatic N) is 1. The second kappa shape index (κ2) is 6.05. The summed E-state index contributed by atoms with van der Waals surface area (Å²) < 4.78 is 5.35. The molecule has 2 atom stereocenters. The van der Waals surface area contributed by atoms with Gasteiger partial charge in [0.25, 0.3) is 0 Å². The van der Waals surface area contributed by atoms with Crippen LogP contribution in [-0.4, -0.2) is 61.9 Å². The minimum Gasteiger partial charge on any atom is -0.479 e. The van der Waals surface area contributed by atoms with Crippen LogP contribution >= 0.6 is 0 Å². The lowest BCUT2D eigenvalue weighted by molar-refractivity contribution is -0.149. The van der Waals surface area contributed by atoms with Gasteiger partial charge in [0.1, 0.15) is 0 Å². The summed E-state index contributed by atoms with van der Waals surface area (Å²) in [6.45, 7) is 2.64. The van der Waals surface area contributed by atoms with E-state index >= 15 is 0 Å². The van der Waals surface area contributed by atoms with Crippen molar-refractivity contribution in [2.45, 2.75) is 25.0 Å². The molecule has 0 bridgehead atoms. The van der Waals surface area contributed by atoms with Crippen LogP contribution in [0.2, 0.25) is 0 Å². The van der Waals surface area contributed by atoms with E-state index in [4.69, 9.17) is 9.84 Å². The van der Waals surface area contributed by atoms with E-state index in [1.165, 1.54) is 0 Å². The van der Waals surface area contributed by atoms with Gasteiger partial charge in [-0.15, -0.1) is 0 Å². The molecule has 0 aromatic heterocycles. The highest BCUT2D eigenvalue weighted by Gasteiger charge is 2.29. The van der Waals surface area contributed by atoms with Gasteiger partial charge in [0.05, 0.1) is 6.10 Å². The van der Waals surface area contributed by atoms with Gasteiger partial charge < -0.3 is 20.1 Å². The third-order valence-corrected chi connectivity index (χ3v) is 2.49. The van der Waals surface area contributed by atoms with Crippen LogP contribution < -0.4 is 5.32 Å². The normalized spacial score (nSPS) is 26.1. The summed E-state index contributed by atoms with van der Waals surface area (Å²) in [5, 5.41) is 12.0. The van der Waals surface area contributed by atoms with Gasteiger partial charge >= 0.3 is 5.97 Å². The van der Waals surface area contributed by atoms with Crippen LogP contribution in [0.1, 0.15) is 12.8 Å². The number of hydrogen-bond acceptors (Lipinski definition) is 4. The number of rotatable bonds is 6. The minimum absolute atomic E-state index is 0.0632. The van der Waals surface area contributed by atoms with Crippen molar-refractivity contribution in [1.29, 1.82) is 0 Å². The summed E-state index contributed by atoms with van der Waals surface area (Å²) in [4.78, 5) is 12.7. The number of nitrogens with one attached hydrogen (secondary N) is 1. The largest absolute Gasteiger partial charge is 0.479 e. The molecule has 15 heavy (non-hydrogen) atoms. The minimum atomic E-state index is -0.842. The quantitative estimate of drug-likeness (QED) is 0.601. The summed E-state index contributed by atoms with van der Waals surface area (Å²) in [6, 6.07) is 0. The Balaban J connectivity index is 2.06. The van der Waals surface area contributed by atoms with Gasteiger partial charge in [0.2, 0.25) is 0 Å². The van der Waals surface area contributed by atoms with Crippen LogP contribution in [0.5, 0.6) is 0 Å². The molecule has 1 aliphatic rings. The first-order chi connectivity index (χ1) is 7.09. The molecule has 1 fully saturated rings. The number of ether oxygens (including phenoxy) is 1. The Labute approximate surface area is 90.4 Å². The second-order valence-electron chi connectivity index (χ2n) is 4.17. The van der Waals surface area contributed by atoms with Gasteiger partial charge in [-0.25, -0.2) is 4.79 Å². The van der Waals surface area contributed by atoms with Crippen LogP contribution in [0.3, 0.4) is 0 Å². The molecule has 2 unspecified atom stereocenters. The van der Waals surface area contributed by atoms with E-state index in [2.05, 4.69) is 10.2 Å². The Hall–Kier alpha value is -0.650.